The van der Waals surface area contributed by atoms with E-state index in [2.05, 4.69) is 15.9 Å². The van der Waals surface area contributed by atoms with E-state index < -0.39 is 0 Å². The molecule has 0 aliphatic rings. The molecule has 0 saturated carbocycles. The Labute approximate surface area is 47.9 Å². The fraction of sp³-hybridized carbons (Fsp3) is 0.500. The standard InChI is InChI=1S/C2H4Br.Zn/c1-2-3;/h2H,1H3;/q-1;. The van der Waals surface area contributed by atoms with E-state index in [1.807, 2.05) is 12.3 Å². The van der Waals surface area contributed by atoms with Gasteiger partial charge >= 0.3 is 0 Å². The maximum atomic E-state index is 3.02. The molecule has 0 aromatic carbocycles. The van der Waals surface area contributed by atoms with Crippen molar-refractivity contribution in [3.05, 3.63) is 5.33 Å². The molecule has 0 aliphatic carbocycles. The van der Waals surface area contributed by atoms with E-state index in [0.717, 1.165) is 0 Å². The first-order valence-electron chi connectivity index (χ1n) is 0.796. The molecule has 0 fully saturated rings. The third-order valence-corrected chi connectivity index (χ3v) is 0. The van der Waals surface area contributed by atoms with Crippen LogP contribution in [-0.2, 0) is 19.5 Å². The van der Waals surface area contributed by atoms with Crippen molar-refractivity contribution in [1.82, 2.24) is 0 Å². The van der Waals surface area contributed by atoms with Gasteiger partial charge in [0.2, 0.25) is 0 Å². The zero-order valence-corrected chi connectivity index (χ0v) is 7.22. The van der Waals surface area contributed by atoms with Crippen LogP contribution in [0.3, 0.4) is 0 Å². The Morgan fingerprint density at radius 3 is 1.75 bits per heavy atom. The van der Waals surface area contributed by atoms with E-state index in [4.69, 9.17) is 0 Å². The predicted molar refractivity (Wildman–Crippen MR) is 18.9 cm³/mol. The molecule has 0 N–H and O–H groups in total. The van der Waals surface area contributed by atoms with Crippen molar-refractivity contribution in [2.24, 2.45) is 0 Å². The summed E-state index contributed by atoms with van der Waals surface area (Å²) in [5, 5.41) is 1.81. The third-order valence-electron chi connectivity index (χ3n) is 0. The van der Waals surface area contributed by atoms with Gasteiger partial charge < -0.3 is 15.9 Å². The van der Waals surface area contributed by atoms with Gasteiger partial charge in [0, 0.05) is 19.5 Å². The second kappa shape index (κ2) is 8.93. The Morgan fingerprint density at radius 2 is 1.75 bits per heavy atom. The van der Waals surface area contributed by atoms with Gasteiger partial charge in [-0.2, -0.15) is 6.92 Å². The van der Waals surface area contributed by atoms with Gasteiger partial charge in [-0.15, -0.1) is 0 Å². The first-order chi connectivity index (χ1) is 1.41. The Morgan fingerprint density at radius 1 is 1.75 bits per heavy atom. The van der Waals surface area contributed by atoms with Gasteiger partial charge in [0.1, 0.15) is 0 Å². The molecule has 0 nitrogen and oxygen atoms in total. The zero-order chi connectivity index (χ0) is 2.71. The average molecular weight is 173 g/mol. The Bertz CT molecular complexity index is 6.00. The fourth-order valence-electron chi connectivity index (χ4n) is 0. The van der Waals surface area contributed by atoms with Gasteiger partial charge in [-0.05, 0) is 0 Å². The van der Waals surface area contributed by atoms with Crippen LogP contribution in [0.4, 0.5) is 0 Å². The van der Waals surface area contributed by atoms with Gasteiger partial charge in [-0.25, -0.2) is 0 Å². The van der Waals surface area contributed by atoms with Gasteiger partial charge in [-0.1, -0.05) is 0 Å². The van der Waals surface area contributed by atoms with Crippen LogP contribution in [0.2, 0.25) is 0 Å². The minimum atomic E-state index is 0. The predicted octanol–water partition coefficient (Wildman–Crippen LogP) is 1.56. The SMILES string of the molecule is C[CH-]Br.[Zn]. The van der Waals surface area contributed by atoms with E-state index in [9.17, 15) is 0 Å². The summed E-state index contributed by atoms with van der Waals surface area (Å²) in [6.45, 7) is 1.92. The van der Waals surface area contributed by atoms with E-state index >= 15 is 0 Å². The molecule has 0 rings (SSSR count). The van der Waals surface area contributed by atoms with Gasteiger partial charge in [0.25, 0.3) is 0 Å². The quantitative estimate of drug-likeness (QED) is 0.385. The summed E-state index contributed by atoms with van der Waals surface area (Å²) in [5.41, 5.74) is 0. The van der Waals surface area contributed by atoms with E-state index in [-0.39, 0.29) is 19.5 Å². The van der Waals surface area contributed by atoms with Crippen LogP contribution in [0.1, 0.15) is 6.92 Å². The topological polar surface area (TPSA) is 0 Å². The summed E-state index contributed by atoms with van der Waals surface area (Å²) in [7, 11) is 0. The molecule has 22 valence electrons. The van der Waals surface area contributed by atoms with Crippen molar-refractivity contribution >= 4 is 15.9 Å². The molecule has 0 unspecified atom stereocenters. The van der Waals surface area contributed by atoms with Crippen molar-refractivity contribution < 1.29 is 19.5 Å². The Hall–Kier alpha value is 1.10. The van der Waals surface area contributed by atoms with Crippen LogP contribution < -0.4 is 0 Å². The summed E-state index contributed by atoms with van der Waals surface area (Å²) in [6.07, 6.45) is 0. The van der Waals surface area contributed by atoms with Crippen LogP contribution in [0.5, 0.6) is 0 Å². The van der Waals surface area contributed by atoms with E-state index in [1.165, 1.54) is 0 Å². The Balaban J connectivity index is 0. The summed E-state index contributed by atoms with van der Waals surface area (Å²) in [6, 6.07) is 0. The molecule has 0 saturated heterocycles. The normalized spacial score (nSPS) is 4.50. The third kappa shape index (κ3) is 11.3. The second-order valence-electron chi connectivity index (χ2n) is 0.218. The molecular formula is C2H4BrZn-. The summed E-state index contributed by atoms with van der Waals surface area (Å²) < 4.78 is 0. The molecule has 0 aromatic rings. The van der Waals surface area contributed by atoms with Crippen molar-refractivity contribution in [2.75, 3.05) is 0 Å². The van der Waals surface area contributed by atoms with Crippen molar-refractivity contribution in [3.63, 3.8) is 0 Å². The summed E-state index contributed by atoms with van der Waals surface area (Å²) >= 11 is 3.02. The largest absolute Gasteiger partial charge is 0.320 e. The molecular weight excluding hydrogens is 169 g/mol. The molecule has 0 radical (unpaired) electrons. The molecule has 0 aromatic heterocycles. The maximum Gasteiger partial charge on any atom is 0 e. The molecule has 4 heavy (non-hydrogen) atoms. The van der Waals surface area contributed by atoms with Crippen LogP contribution in [-0.4, -0.2) is 0 Å². The van der Waals surface area contributed by atoms with Crippen LogP contribution in [0, 0.1) is 5.33 Å². The zero-order valence-electron chi connectivity index (χ0n) is 2.66. The monoisotopic (exact) mass is 171 g/mol. The summed E-state index contributed by atoms with van der Waals surface area (Å²) in [4.78, 5) is 0. The van der Waals surface area contributed by atoms with Gasteiger partial charge in [0.05, 0.1) is 0 Å². The molecule has 0 bridgehead atoms. The van der Waals surface area contributed by atoms with Crippen LogP contribution in [0.25, 0.3) is 0 Å². The maximum absolute atomic E-state index is 3.02. The molecule has 0 heterocycles. The van der Waals surface area contributed by atoms with Crippen molar-refractivity contribution in [3.8, 4) is 0 Å². The number of halogens is 1. The molecule has 0 spiro atoms. The van der Waals surface area contributed by atoms with E-state index in [1.54, 1.807) is 0 Å². The van der Waals surface area contributed by atoms with Gasteiger partial charge in [-0.3, -0.25) is 5.33 Å². The number of hydrogen-bond donors (Lipinski definition) is 0. The van der Waals surface area contributed by atoms with Crippen molar-refractivity contribution in [1.29, 1.82) is 0 Å². The minimum absolute atomic E-state index is 0. The minimum Gasteiger partial charge on any atom is -0.320 e. The molecule has 0 amide bonds. The summed E-state index contributed by atoms with van der Waals surface area (Å²) in [5.74, 6) is 0. The first-order valence-corrected chi connectivity index (χ1v) is 1.71. The van der Waals surface area contributed by atoms with E-state index in [0.29, 0.717) is 0 Å². The molecule has 0 aliphatic heterocycles. The first kappa shape index (κ1) is 8.92. The molecule has 2 heteroatoms. The average Bonchev–Trinajstić information content (AvgIpc) is 0.918. The number of rotatable bonds is 0. The Kier molecular flexibility index (Phi) is 19.9. The smallest absolute Gasteiger partial charge is 0 e. The molecule has 0 atom stereocenters. The second-order valence-corrected chi connectivity index (χ2v) is 1.13. The van der Waals surface area contributed by atoms with Gasteiger partial charge in [0.15, 0.2) is 0 Å². The van der Waals surface area contributed by atoms with Crippen LogP contribution >= 0.6 is 15.9 Å². The van der Waals surface area contributed by atoms with Crippen LogP contribution in [0.15, 0.2) is 0 Å². The van der Waals surface area contributed by atoms with Crippen molar-refractivity contribution in [2.45, 2.75) is 6.92 Å². The number of hydrogen-bond acceptors (Lipinski definition) is 0. The fourth-order valence-corrected chi connectivity index (χ4v) is 0.